The zero-order chi connectivity index (χ0) is 14.2. The molecule has 0 aliphatic carbocycles. The van der Waals surface area contributed by atoms with Gasteiger partial charge in [-0.1, -0.05) is 39.0 Å². The lowest BCUT2D eigenvalue weighted by Gasteiger charge is -2.05. The topological polar surface area (TPSA) is 69.6 Å². The fourth-order valence-electron chi connectivity index (χ4n) is 2.24. The molecule has 0 saturated carbocycles. The third-order valence-electron chi connectivity index (χ3n) is 3.42. The second kappa shape index (κ2) is 7.62. The first-order valence-electron chi connectivity index (χ1n) is 7.43. The molecule has 5 heteroatoms. The quantitative estimate of drug-likeness (QED) is 0.592. The highest BCUT2D eigenvalue weighted by atomic mass is 15.5. The van der Waals surface area contributed by atoms with E-state index in [1.807, 2.05) is 28.9 Å². The molecule has 0 amide bonds. The predicted octanol–water partition coefficient (Wildman–Crippen LogP) is 3.28. The highest BCUT2D eigenvalue weighted by Crippen LogP contribution is 2.18. The van der Waals surface area contributed by atoms with Crippen LogP contribution in [0.3, 0.4) is 0 Å². The smallest absolute Gasteiger partial charge is 0.182 e. The lowest BCUT2D eigenvalue weighted by atomic mass is 10.1. The van der Waals surface area contributed by atoms with Crippen molar-refractivity contribution in [2.24, 2.45) is 0 Å². The van der Waals surface area contributed by atoms with Crippen molar-refractivity contribution in [1.82, 2.24) is 20.2 Å². The Morgan fingerprint density at radius 2 is 1.70 bits per heavy atom. The van der Waals surface area contributed by atoms with Gasteiger partial charge in [-0.15, -0.1) is 5.10 Å². The van der Waals surface area contributed by atoms with Gasteiger partial charge in [0.15, 0.2) is 5.82 Å². The number of unbranched alkanes of at least 4 members (excludes halogenated alkanes) is 5. The lowest BCUT2D eigenvalue weighted by molar-refractivity contribution is 0.519. The summed E-state index contributed by atoms with van der Waals surface area (Å²) in [6.07, 6.45) is 7.61. The van der Waals surface area contributed by atoms with Crippen molar-refractivity contribution in [2.45, 2.75) is 52.0 Å². The van der Waals surface area contributed by atoms with E-state index in [0.717, 1.165) is 30.0 Å². The average Bonchev–Trinajstić information content (AvgIpc) is 2.92. The molecule has 2 rings (SSSR count). The van der Waals surface area contributed by atoms with E-state index in [9.17, 15) is 0 Å². The van der Waals surface area contributed by atoms with Crippen LogP contribution in [0.4, 0.5) is 5.69 Å². The maximum Gasteiger partial charge on any atom is 0.182 e. The molecule has 1 aromatic carbocycles. The van der Waals surface area contributed by atoms with Gasteiger partial charge in [-0.2, -0.15) is 0 Å². The Hall–Kier alpha value is -1.91. The molecule has 5 nitrogen and oxygen atoms in total. The van der Waals surface area contributed by atoms with E-state index >= 15 is 0 Å². The van der Waals surface area contributed by atoms with Gasteiger partial charge in [-0.05, 0) is 41.1 Å². The van der Waals surface area contributed by atoms with Gasteiger partial charge in [0.25, 0.3) is 0 Å². The number of hydrogen-bond acceptors (Lipinski definition) is 4. The minimum atomic E-state index is 0.753. The number of hydrogen-bond donors (Lipinski definition) is 1. The summed E-state index contributed by atoms with van der Waals surface area (Å²) in [5.41, 5.74) is 7.46. The Labute approximate surface area is 120 Å². The van der Waals surface area contributed by atoms with Crippen molar-refractivity contribution in [3.8, 4) is 11.4 Å². The average molecular weight is 273 g/mol. The Bertz CT molecular complexity index is 503. The minimum Gasteiger partial charge on any atom is -0.399 e. The Morgan fingerprint density at radius 1 is 1.00 bits per heavy atom. The number of benzene rings is 1. The van der Waals surface area contributed by atoms with Crippen LogP contribution in [0.5, 0.6) is 0 Å². The summed E-state index contributed by atoms with van der Waals surface area (Å²) < 4.78 is 1.88. The van der Waals surface area contributed by atoms with Crippen molar-refractivity contribution in [3.05, 3.63) is 24.3 Å². The molecule has 0 aliphatic rings. The van der Waals surface area contributed by atoms with Gasteiger partial charge in [-0.25, -0.2) is 4.68 Å². The summed E-state index contributed by atoms with van der Waals surface area (Å²) in [6.45, 7) is 3.11. The fourth-order valence-corrected chi connectivity index (χ4v) is 2.24. The monoisotopic (exact) mass is 273 g/mol. The summed E-state index contributed by atoms with van der Waals surface area (Å²) in [5, 5.41) is 12.0. The van der Waals surface area contributed by atoms with Crippen LogP contribution in [0, 0.1) is 0 Å². The number of nitrogens with two attached hydrogens (primary N) is 1. The zero-order valence-electron chi connectivity index (χ0n) is 12.1. The van der Waals surface area contributed by atoms with E-state index in [0.29, 0.717) is 0 Å². The van der Waals surface area contributed by atoms with E-state index in [1.165, 1.54) is 32.1 Å². The van der Waals surface area contributed by atoms with Gasteiger partial charge in [0.1, 0.15) is 0 Å². The van der Waals surface area contributed by atoms with Crippen LogP contribution in [0.15, 0.2) is 24.3 Å². The molecule has 0 radical (unpaired) electrons. The molecule has 0 aliphatic heterocycles. The van der Waals surface area contributed by atoms with Crippen molar-refractivity contribution in [3.63, 3.8) is 0 Å². The molecule has 108 valence electrons. The van der Waals surface area contributed by atoms with Crippen LogP contribution in [0.25, 0.3) is 11.4 Å². The van der Waals surface area contributed by atoms with Crippen molar-refractivity contribution < 1.29 is 0 Å². The molecule has 1 heterocycles. The highest BCUT2D eigenvalue weighted by molar-refractivity contribution is 5.58. The van der Waals surface area contributed by atoms with E-state index in [4.69, 9.17) is 5.73 Å². The number of nitrogens with zero attached hydrogens (tertiary/aromatic N) is 4. The van der Waals surface area contributed by atoms with Gasteiger partial charge in [-0.3, -0.25) is 0 Å². The zero-order valence-corrected chi connectivity index (χ0v) is 12.1. The number of tetrazole rings is 1. The van der Waals surface area contributed by atoms with Crippen molar-refractivity contribution in [2.75, 3.05) is 5.73 Å². The first-order valence-corrected chi connectivity index (χ1v) is 7.43. The second-order valence-electron chi connectivity index (χ2n) is 5.12. The van der Waals surface area contributed by atoms with Crippen LogP contribution in [-0.2, 0) is 6.54 Å². The maximum atomic E-state index is 5.70. The molecule has 0 atom stereocenters. The summed E-state index contributed by atoms with van der Waals surface area (Å²) in [7, 11) is 0. The summed E-state index contributed by atoms with van der Waals surface area (Å²) in [6, 6.07) is 7.66. The molecular formula is C15H23N5. The highest BCUT2D eigenvalue weighted by Gasteiger charge is 2.08. The van der Waals surface area contributed by atoms with Gasteiger partial charge >= 0.3 is 0 Å². The molecule has 0 unspecified atom stereocenters. The molecule has 0 fully saturated rings. The number of anilines is 1. The van der Waals surface area contributed by atoms with E-state index < -0.39 is 0 Å². The van der Waals surface area contributed by atoms with Gasteiger partial charge in [0, 0.05) is 17.8 Å². The number of aryl methyl sites for hydroxylation is 1. The van der Waals surface area contributed by atoms with Gasteiger partial charge < -0.3 is 5.73 Å². The number of nitrogen functional groups attached to an aromatic ring is 1. The molecule has 2 N–H and O–H groups in total. The van der Waals surface area contributed by atoms with Gasteiger partial charge in [0.2, 0.25) is 0 Å². The first-order chi connectivity index (χ1) is 9.81. The van der Waals surface area contributed by atoms with Crippen molar-refractivity contribution >= 4 is 5.69 Å². The Balaban J connectivity index is 1.87. The van der Waals surface area contributed by atoms with E-state index in [2.05, 4.69) is 22.4 Å². The molecule has 0 bridgehead atoms. The Morgan fingerprint density at radius 3 is 2.45 bits per heavy atom. The fraction of sp³-hybridized carbons (Fsp3) is 0.533. The van der Waals surface area contributed by atoms with Crippen LogP contribution in [0.1, 0.15) is 45.4 Å². The van der Waals surface area contributed by atoms with Crippen molar-refractivity contribution in [1.29, 1.82) is 0 Å². The van der Waals surface area contributed by atoms with E-state index in [1.54, 1.807) is 0 Å². The molecule has 1 aromatic heterocycles. The molecular weight excluding hydrogens is 250 g/mol. The maximum absolute atomic E-state index is 5.70. The molecule has 2 aromatic rings. The SMILES string of the molecule is CCCCCCCCn1nnnc1-c1ccc(N)cc1. The first kappa shape index (κ1) is 14.5. The van der Waals surface area contributed by atoms with Crippen LogP contribution >= 0.6 is 0 Å². The van der Waals surface area contributed by atoms with Crippen LogP contribution in [0.2, 0.25) is 0 Å². The van der Waals surface area contributed by atoms with Gasteiger partial charge in [0.05, 0.1) is 0 Å². The molecule has 0 saturated heterocycles. The molecule has 20 heavy (non-hydrogen) atoms. The minimum absolute atomic E-state index is 0.753. The predicted molar refractivity (Wildman–Crippen MR) is 81.0 cm³/mol. The van der Waals surface area contributed by atoms with E-state index in [-0.39, 0.29) is 0 Å². The third kappa shape index (κ3) is 4.05. The number of rotatable bonds is 8. The Kier molecular flexibility index (Phi) is 5.53. The largest absolute Gasteiger partial charge is 0.399 e. The standard InChI is InChI=1S/C15H23N5/c1-2-3-4-5-6-7-12-20-15(17-18-19-20)13-8-10-14(16)11-9-13/h8-11H,2-7,12,16H2,1H3. The lowest BCUT2D eigenvalue weighted by Crippen LogP contribution is -2.03. The number of aromatic nitrogens is 4. The summed E-state index contributed by atoms with van der Waals surface area (Å²) >= 11 is 0. The second-order valence-corrected chi connectivity index (χ2v) is 5.12. The molecule has 0 spiro atoms. The summed E-state index contributed by atoms with van der Waals surface area (Å²) in [4.78, 5) is 0. The van der Waals surface area contributed by atoms with Crippen LogP contribution in [-0.4, -0.2) is 20.2 Å². The van der Waals surface area contributed by atoms with Crippen LogP contribution < -0.4 is 5.73 Å². The summed E-state index contributed by atoms with van der Waals surface area (Å²) in [5.74, 6) is 0.818. The normalized spacial score (nSPS) is 10.8. The third-order valence-corrected chi connectivity index (χ3v) is 3.42.